The van der Waals surface area contributed by atoms with E-state index < -0.39 is 17.8 Å². The zero-order chi connectivity index (χ0) is 13.3. The van der Waals surface area contributed by atoms with Gasteiger partial charge in [-0.1, -0.05) is 11.3 Å². The van der Waals surface area contributed by atoms with Crippen molar-refractivity contribution in [1.82, 2.24) is 15.0 Å². The van der Waals surface area contributed by atoms with Crippen LogP contribution in [0.5, 0.6) is 0 Å². The van der Waals surface area contributed by atoms with E-state index in [-0.39, 0.29) is 5.69 Å². The minimum absolute atomic E-state index is 0.240. The summed E-state index contributed by atoms with van der Waals surface area (Å²) in [5.41, 5.74) is -0.217. The molecule has 1 N–H and O–H groups in total. The summed E-state index contributed by atoms with van der Waals surface area (Å²) in [6, 6.07) is 4.73. The fourth-order valence-corrected chi connectivity index (χ4v) is 1.42. The second-order valence-electron chi connectivity index (χ2n) is 3.81. The molecule has 2 rings (SSSR count). The lowest BCUT2D eigenvalue weighted by molar-refractivity contribution is -0.137. The fraction of sp³-hybridized carbons (Fsp3) is 0.273. The van der Waals surface area contributed by atoms with Crippen molar-refractivity contribution in [2.75, 3.05) is 0 Å². The first-order valence-corrected chi connectivity index (χ1v) is 5.16. The topological polar surface area (TPSA) is 50.9 Å². The number of alkyl halides is 3. The Morgan fingerprint density at radius 2 is 2.06 bits per heavy atom. The normalized spacial score (nSPS) is 13.6. The Kier molecular flexibility index (Phi) is 3.08. The molecule has 2 aromatic rings. The minimum atomic E-state index is -4.40. The number of aliphatic hydroxyl groups is 1. The monoisotopic (exact) mass is 257 g/mol. The molecule has 0 saturated carbocycles. The molecule has 1 atom stereocenters. The van der Waals surface area contributed by atoms with Gasteiger partial charge in [0, 0.05) is 0 Å². The predicted octanol–water partition coefficient (Wildman–Crippen LogP) is 2.34. The highest BCUT2D eigenvalue weighted by Gasteiger charge is 2.30. The van der Waals surface area contributed by atoms with Crippen LogP contribution in [0.25, 0.3) is 5.69 Å². The van der Waals surface area contributed by atoms with E-state index in [2.05, 4.69) is 10.3 Å². The standard InChI is InChI=1S/C11H10F3N3O/c1-7(18)10-6-17(16-15-10)9-4-2-3-8(5-9)11(12,13)14/h2-7,18H,1H3/t7-/m1/s1. The van der Waals surface area contributed by atoms with Gasteiger partial charge >= 0.3 is 6.18 Å². The highest BCUT2D eigenvalue weighted by molar-refractivity contribution is 5.36. The lowest BCUT2D eigenvalue weighted by Crippen LogP contribution is -2.06. The van der Waals surface area contributed by atoms with E-state index in [1.807, 2.05) is 0 Å². The Morgan fingerprint density at radius 1 is 1.33 bits per heavy atom. The Balaban J connectivity index is 2.38. The van der Waals surface area contributed by atoms with Crippen LogP contribution in [-0.2, 0) is 6.18 Å². The third kappa shape index (κ3) is 2.51. The number of hydrogen-bond acceptors (Lipinski definition) is 3. The van der Waals surface area contributed by atoms with Crippen LogP contribution < -0.4 is 0 Å². The molecule has 18 heavy (non-hydrogen) atoms. The van der Waals surface area contributed by atoms with Crippen LogP contribution in [0.1, 0.15) is 24.3 Å². The number of aliphatic hydroxyl groups excluding tert-OH is 1. The maximum Gasteiger partial charge on any atom is 0.416 e. The van der Waals surface area contributed by atoms with E-state index in [1.165, 1.54) is 29.9 Å². The molecule has 0 amide bonds. The zero-order valence-corrected chi connectivity index (χ0v) is 9.39. The molecule has 4 nitrogen and oxygen atoms in total. The molecule has 0 aliphatic heterocycles. The number of aromatic nitrogens is 3. The van der Waals surface area contributed by atoms with Gasteiger partial charge in [0.1, 0.15) is 5.69 Å². The van der Waals surface area contributed by atoms with Gasteiger partial charge < -0.3 is 5.11 Å². The molecular formula is C11H10F3N3O. The second kappa shape index (κ2) is 4.41. The van der Waals surface area contributed by atoms with Gasteiger partial charge in [-0.2, -0.15) is 13.2 Å². The highest BCUT2D eigenvalue weighted by atomic mass is 19.4. The molecule has 0 saturated heterocycles. The predicted molar refractivity (Wildman–Crippen MR) is 57.0 cm³/mol. The molecule has 1 aromatic carbocycles. The molecule has 0 aliphatic carbocycles. The summed E-state index contributed by atoms with van der Waals surface area (Å²) in [4.78, 5) is 0. The van der Waals surface area contributed by atoms with E-state index >= 15 is 0 Å². The number of hydrogen-bond donors (Lipinski definition) is 1. The van der Waals surface area contributed by atoms with E-state index in [0.717, 1.165) is 12.1 Å². The molecule has 0 fully saturated rings. The summed E-state index contributed by atoms with van der Waals surface area (Å²) in [5.74, 6) is 0. The average Bonchev–Trinajstić information content (AvgIpc) is 2.77. The minimum Gasteiger partial charge on any atom is -0.387 e. The summed E-state index contributed by atoms with van der Waals surface area (Å²) in [7, 11) is 0. The number of benzene rings is 1. The Hall–Kier alpha value is -1.89. The quantitative estimate of drug-likeness (QED) is 0.898. The van der Waals surface area contributed by atoms with Crippen LogP contribution in [-0.4, -0.2) is 20.1 Å². The van der Waals surface area contributed by atoms with Gasteiger partial charge in [0.2, 0.25) is 0 Å². The third-order valence-corrected chi connectivity index (χ3v) is 2.38. The average molecular weight is 257 g/mol. The van der Waals surface area contributed by atoms with Crippen molar-refractivity contribution in [3.63, 3.8) is 0 Å². The van der Waals surface area contributed by atoms with Crippen LogP contribution in [0.15, 0.2) is 30.5 Å². The molecule has 0 spiro atoms. The summed E-state index contributed by atoms with van der Waals surface area (Å²) in [5, 5.41) is 16.6. The van der Waals surface area contributed by atoms with Crippen LogP contribution in [0.4, 0.5) is 13.2 Å². The van der Waals surface area contributed by atoms with Gasteiger partial charge in [0.15, 0.2) is 0 Å². The first kappa shape index (κ1) is 12.6. The van der Waals surface area contributed by atoms with E-state index in [9.17, 15) is 18.3 Å². The summed E-state index contributed by atoms with van der Waals surface area (Å²) in [6.45, 7) is 1.50. The van der Waals surface area contributed by atoms with Crippen molar-refractivity contribution in [3.05, 3.63) is 41.7 Å². The number of halogens is 3. The van der Waals surface area contributed by atoms with Crippen molar-refractivity contribution < 1.29 is 18.3 Å². The SMILES string of the molecule is C[C@@H](O)c1cn(-c2cccc(C(F)(F)F)c2)nn1. The maximum absolute atomic E-state index is 12.5. The largest absolute Gasteiger partial charge is 0.416 e. The van der Waals surface area contributed by atoms with Crippen molar-refractivity contribution in [2.45, 2.75) is 19.2 Å². The van der Waals surface area contributed by atoms with Gasteiger partial charge in [-0.05, 0) is 25.1 Å². The molecule has 96 valence electrons. The Morgan fingerprint density at radius 3 is 2.61 bits per heavy atom. The smallest absolute Gasteiger partial charge is 0.387 e. The first-order chi connectivity index (χ1) is 8.38. The van der Waals surface area contributed by atoms with Gasteiger partial charge in [-0.25, -0.2) is 4.68 Å². The summed E-state index contributed by atoms with van der Waals surface area (Å²) < 4.78 is 38.8. The summed E-state index contributed by atoms with van der Waals surface area (Å²) >= 11 is 0. The van der Waals surface area contributed by atoms with E-state index in [0.29, 0.717) is 5.69 Å². The lowest BCUT2D eigenvalue weighted by Gasteiger charge is -2.08. The molecule has 1 heterocycles. The maximum atomic E-state index is 12.5. The molecule has 0 radical (unpaired) electrons. The number of rotatable bonds is 2. The molecule has 0 unspecified atom stereocenters. The van der Waals surface area contributed by atoms with Crippen LogP contribution in [0, 0.1) is 0 Å². The third-order valence-electron chi connectivity index (χ3n) is 2.38. The molecule has 0 bridgehead atoms. The number of nitrogens with zero attached hydrogens (tertiary/aromatic N) is 3. The Bertz CT molecular complexity index is 548. The van der Waals surface area contributed by atoms with Crippen LogP contribution >= 0.6 is 0 Å². The van der Waals surface area contributed by atoms with Gasteiger partial charge in [-0.15, -0.1) is 5.10 Å². The highest BCUT2D eigenvalue weighted by Crippen LogP contribution is 2.30. The van der Waals surface area contributed by atoms with Crippen LogP contribution in [0.2, 0.25) is 0 Å². The van der Waals surface area contributed by atoms with Gasteiger partial charge in [0.05, 0.1) is 23.6 Å². The second-order valence-corrected chi connectivity index (χ2v) is 3.81. The van der Waals surface area contributed by atoms with Crippen molar-refractivity contribution >= 4 is 0 Å². The lowest BCUT2D eigenvalue weighted by atomic mass is 10.2. The molecule has 1 aromatic heterocycles. The molecule has 0 aliphatic rings. The van der Waals surface area contributed by atoms with Gasteiger partial charge in [0.25, 0.3) is 0 Å². The summed E-state index contributed by atoms with van der Waals surface area (Å²) in [6.07, 6.45) is -3.83. The van der Waals surface area contributed by atoms with E-state index in [1.54, 1.807) is 0 Å². The zero-order valence-electron chi connectivity index (χ0n) is 9.39. The van der Waals surface area contributed by atoms with Crippen molar-refractivity contribution in [1.29, 1.82) is 0 Å². The van der Waals surface area contributed by atoms with Gasteiger partial charge in [-0.3, -0.25) is 0 Å². The van der Waals surface area contributed by atoms with Crippen molar-refractivity contribution in [2.24, 2.45) is 0 Å². The van der Waals surface area contributed by atoms with E-state index in [4.69, 9.17) is 0 Å². The molecule has 7 heteroatoms. The van der Waals surface area contributed by atoms with Crippen molar-refractivity contribution in [3.8, 4) is 5.69 Å². The van der Waals surface area contributed by atoms with Crippen LogP contribution in [0.3, 0.4) is 0 Å². The fourth-order valence-electron chi connectivity index (χ4n) is 1.42. The first-order valence-electron chi connectivity index (χ1n) is 5.16. The Labute approximate surface area is 101 Å². The molecular weight excluding hydrogens is 247 g/mol.